The monoisotopic (exact) mass is 366 g/mol. The van der Waals surface area contributed by atoms with Gasteiger partial charge in [-0.1, -0.05) is 6.42 Å². The number of alkyl halides is 3. The van der Waals surface area contributed by atoms with E-state index in [9.17, 15) is 18.0 Å². The summed E-state index contributed by atoms with van der Waals surface area (Å²) >= 11 is 0. The summed E-state index contributed by atoms with van der Waals surface area (Å²) in [6.07, 6.45) is 1.76. The minimum atomic E-state index is -4.49. The Morgan fingerprint density at radius 2 is 1.96 bits per heavy atom. The molecule has 2 saturated carbocycles. The number of nitrogens with zero attached hydrogens (tertiary/aromatic N) is 2. The molecule has 2 bridgehead atoms. The second-order valence-electron chi connectivity index (χ2n) is 6.67. The van der Waals surface area contributed by atoms with Gasteiger partial charge in [0.05, 0.1) is 0 Å². The predicted molar refractivity (Wildman–Crippen MR) is 84.4 cm³/mol. The summed E-state index contributed by atoms with van der Waals surface area (Å²) in [5.74, 6) is 0.466. The lowest BCUT2D eigenvalue weighted by molar-refractivity contribution is -0.141. The van der Waals surface area contributed by atoms with Gasteiger partial charge in [-0.2, -0.15) is 18.3 Å². The van der Waals surface area contributed by atoms with E-state index in [4.69, 9.17) is 5.73 Å². The van der Waals surface area contributed by atoms with E-state index in [1.54, 1.807) is 0 Å². The lowest BCUT2D eigenvalue weighted by atomic mass is 9.67. The van der Waals surface area contributed by atoms with E-state index in [1.807, 2.05) is 0 Å². The molecule has 2 aliphatic rings. The first-order valence-corrected chi connectivity index (χ1v) is 7.98. The maximum atomic E-state index is 12.5. The van der Waals surface area contributed by atoms with E-state index in [0.29, 0.717) is 11.8 Å². The van der Waals surface area contributed by atoms with Gasteiger partial charge in [0.2, 0.25) is 5.91 Å². The van der Waals surface area contributed by atoms with Gasteiger partial charge < -0.3 is 11.1 Å². The third-order valence-corrected chi connectivity index (χ3v) is 4.94. The molecule has 0 saturated heterocycles. The molecule has 136 valence electrons. The fourth-order valence-corrected chi connectivity index (χ4v) is 4.00. The van der Waals surface area contributed by atoms with Crippen molar-refractivity contribution >= 4 is 18.3 Å². The Bertz CT molecular complexity index is 563. The smallest absolute Gasteiger partial charge is 0.351 e. The van der Waals surface area contributed by atoms with Gasteiger partial charge in [0.15, 0.2) is 5.69 Å². The van der Waals surface area contributed by atoms with Crippen molar-refractivity contribution in [3.63, 3.8) is 0 Å². The summed E-state index contributed by atoms with van der Waals surface area (Å²) in [6, 6.07) is 1.16. The molecule has 0 aliphatic heterocycles. The topological polar surface area (TPSA) is 72.9 Å². The Balaban J connectivity index is 0.00000208. The summed E-state index contributed by atoms with van der Waals surface area (Å²) < 4.78 is 38.6. The first-order chi connectivity index (χ1) is 10.8. The summed E-state index contributed by atoms with van der Waals surface area (Å²) in [7, 11) is 0. The molecular formula is C15H22ClF3N4O. The zero-order valence-corrected chi connectivity index (χ0v) is 13.9. The molecule has 1 amide bonds. The van der Waals surface area contributed by atoms with Crippen LogP contribution in [0.4, 0.5) is 13.2 Å². The normalized spacial score (nSPS) is 29.7. The highest BCUT2D eigenvalue weighted by atomic mass is 35.5. The summed E-state index contributed by atoms with van der Waals surface area (Å²) in [5.41, 5.74) is 5.07. The van der Waals surface area contributed by atoms with E-state index < -0.39 is 11.9 Å². The summed E-state index contributed by atoms with van der Waals surface area (Å²) in [6.45, 7) is -0.196. The average molecular weight is 367 g/mol. The van der Waals surface area contributed by atoms with E-state index in [2.05, 4.69) is 10.4 Å². The second kappa shape index (κ2) is 7.31. The van der Waals surface area contributed by atoms with Crippen LogP contribution in [0.25, 0.3) is 0 Å². The van der Waals surface area contributed by atoms with E-state index in [-0.39, 0.29) is 36.9 Å². The van der Waals surface area contributed by atoms with Crippen molar-refractivity contribution in [3.05, 3.63) is 18.0 Å². The number of fused-ring (bicyclic) bond motifs is 2. The fraction of sp³-hybridized carbons (Fsp3) is 0.733. The highest BCUT2D eigenvalue weighted by Crippen LogP contribution is 2.39. The van der Waals surface area contributed by atoms with Gasteiger partial charge in [-0.25, -0.2) is 0 Å². The molecule has 3 N–H and O–H groups in total. The van der Waals surface area contributed by atoms with Crippen molar-refractivity contribution in [1.82, 2.24) is 15.1 Å². The molecule has 2 aliphatic carbocycles. The zero-order chi connectivity index (χ0) is 16.6. The first-order valence-electron chi connectivity index (χ1n) is 7.98. The molecule has 2 atom stereocenters. The van der Waals surface area contributed by atoms with Crippen LogP contribution in [-0.2, 0) is 17.5 Å². The van der Waals surface area contributed by atoms with Crippen LogP contribution in [0.3, 0.4) is 0 Å². The minimum absolute atomic E-state index is 0. The zero-order valence-electron chi connectivity index (χ0n) is 13.1. The van der Waals surface area contributed by atoms with Gasteiger partial charge in [-0.05, 0) is 43.6 Å². The molecule has 0 spiro atoms. The first kappa shape index (κ1) is 19.1. The molecular weight excluding hydrogens is 345 g/mol. The molecule has 1 aromatic rings. The van der Waals surface area contributed by atoms with E-state index >= 15 is 0 Å². The molecule has 2 fully saturated rings. The van der Waals surface area contributed by atoms with Gasteiger partial charge >= 0.3 is 6.18 Å². The molecule has 24 heavy (non-hydrogen) atoms. The van der Waals surface area contributed by atoms with Crippen LogP contribution < -0.4 is 11.1 Å². The third kappa shape index (κ3) is 4.22. The predicted octanol–water partition coefficient (Wildman–Crippen LogP) is 2.35. The largest absolute Gasteiger partial charge is 0.435 e. The van der Waals surface area contributed by atoms with Gasteiger partial charge in [-0.3, -0.25) is 9.48 Å². The minimum Gasteiger partial charge on any atom is -0.351 e. The fourth-order valence-electron chi connectivity index (χ4n) is 4.00. The number of rotatable bonds is 3. The quantitative estimate of drug-likeness (QED) is 0.862. The number of aromatic nitrogens is 2. The Morgan fingerprint density at radius 3 is 2.50 bits per heavy atom. The number of hydrogen-bond acceptors (Lipinski definition) is 3. The van der Waals surface area contributed by atoms with Gasteiger partial charge in [0.25, 0.3) is 0 Å². The Hall–Kier alpha value is -1.28. The van der Waals surface area contributed by atoms with Gasteiger partial charge in [0.1, 0.15) is 6.54 Å². The molecule has 0 aromatic carbocycles. The standard InChI is InChI=1S/C15H21F3N4O.ClH/c16-15(17,18)12-4-5-22(21-12)8-13(23)20-14-9-2-1-3-10(14)7-11(19)6-9;/h4-5,9-11,14H,1-3,6-8,19H2,(H,20,23);1H. The number of halogens is 4. The molecule has 1 aromatic heterocycles. The third-order valence-electron chi connectivity index (χ3n) is 4.94. The molecule has 1 heterocycles. The lowest BCUT2D eigenvalue weighted by Gasteiger charge is -2.45. The Kier molecular flexibility index (Phi) is 5.80. The van der Waals surface area contributed by atoms with E-state index in [0.717, 1.165) is 42.9 Å². The van der Waals surface area contributed by atoms with Crippen LogP contribution in [0.5, 0.6) is 0 Å². The van der Waals surface area contributed by atoms with Crippen molar-refractivity contribution in [2.24, 2.45) is 17.6 Å². The van der Waals surface area contributed by atoms with Crippen molar-refractivity contribution in [1.29, 1.82) is 0 Å². The SMILES string of the molecule is Cl.NC1CC2CCCC(C1)C2NC(=O)Cn1ccc(C(F)(F)F)n1. The van der Waals surface area contributed by atoms with Crippen molar-refractivity contribution < 1.29 is 18.0 Å². The van der Waals surface area contributed by atoms with Crippen molar-refractivity contribution in [2.75, 3.05) is 0 Å². The molecule has 2 unspecified atom stereocenters. The second-order valence-corrected chi connectivity index (χ2v) is 6.67. The van der Waals surface area contributed by atoms with Crippen molar-refractivity contribution in [2.45, 2.75) is 56.9 Å². The lowest BCUT2D eigenvalue weighted by Crippen LogP contribution is -2.54. The summed E-state index contributed by atoms with van der Waals surface area (Å²) in [5, 5.41) is 6.41. The van der Waals surface area contributed by atoms with Crippen LogP contribution >= 0.6 is 12.4 Å². The van der Waals surface area contributed by atoms with Crippen LogP contribution in [0.15, 0.2) is 12.3 Å². The number of hydrogen-bond donors (Lipinski definition) is 2. The van der Waals surface area contributed by atoms with Gasteiger partial charge in [-0.15, -0.1) is 12.4 Å². The highest BCUT2D eigenvalue weighted by Gasteiger charge is 2.40. The summed E-state index contributed by atoms with van der Waals surface area (Å²) in [4.78, 5) is 12.2. The molecule has 5 nitrogen and oxygen atoms in total. The number of carbonyl (C=O) groups excluding carboxylic acids is 1. The average Bonchev–Trinajstić information content (AvgIpc) is 2.88. The van der Waals surface area contributed by atoms with Crippen LogP contribution in [0.1, 0.15) is 37.8 Å². The molecule has 0 radical (unpaired) electrons. The van der Waals surface area contributed by atoms with Crippen molar-refractivity contribution in [3.8, 4) is 0 Å². The number of nitrogens with one attached hydrogen (secondary N) is 1. The Morgan fingerprint density at radius 1 is 1.33 bits per heavy atom. The maximum Gasteiger partial charge on any atom is 0.435 e. The maximum absolute atomic E-state index is 12.5. The van der Waals surface area contributed by atoms with Crippen LogP contribution in [0.2, 0.25) is 0 Å². The number of nitrogens with two attached hydrogens (primary N) is 1. The molecule has 9 heteroatoms. The van der Waals surface area contributed by atoms with Crippen LogP contribution in [-0.4, -0.2) is 27.8 Å². The Labute approximate surface area is 144 Å². The van der Waals surface area contributed by atoms with E-state index in [1.165, 1.54) is 6.20 Å². The van der Waals surface area contributed by atoms with Gasteiger partial charge in [0, 0.05) is 18.3 Å². The number of carbonyl (C=O) groups is 1. The molecule has 3 rings (SSSR count). The number of amides is 1. The highest BCUT2D eigenvalue weighted by molar-refractivity contribution is 5.85. The van der Waals surface area contributed by atoms with Crippen LogP contribution in [0, 0.1) is 11.8 Å².